The second-order valence-electron chi connectivity index (χ2n) is 4.18. The number of rotatable bonds is 4. The molecule has 6 nitrogen and oxygen atoms in total. The van der Waals surface area contributed by atoms with Crippen molar-refractivity contribution in [3.8, 4) is 0 Å². The minimum absolute atomic E-state index is 0.243. The number of anilines is 2. The quantitative estimate of drug-likeness (QED) is 0.816. The van der Waals surface area contributed by atoms with Gasteiger partial charge in [0.2, 0.25) is 5.95 Å². The van der Waals surface area contributed by atoms with Gasteiger partial charge in [0.25, 0.3) is 0 Å². The van der Waals surface area contributed by atoms with Crippen LogP contribution in [0.4, 0.5) is 11.8 Å². The molecule has 0 atom stereocenters. The summed E-state index contributed by atoms with van der Waals surface area (Å²) in [5.41, 5.74) is 12.4. The van der Waals surface area contributed by atoms with E-state index in [9.17, 15) is 0 Å². The van der Waals surface area contributed by atoms with Crippen LogP contribution >= 0.6 is 11.8 Å². The average molecular weight is 264 g/mol. The Morgan fingerprint density at radius 2 is 2.06 bits per heavy atom. The summed E-state index contributed by atoms with van der Waals surface area (Å²) in [5.74, 6) is 1.74. The van der Waals surface area contributed by atoms with E-state index in [0.717, 1.165) is 16.5 Å². The first-order chi connectivity index (χ1) is 8.58. The van der Waals surface area contributed by atoms with Gasteiger partial charge < -0.3 is 11.5 Å². The van der Waals surface area contributed by atoms with Crippen molar-refractivity contribution in [1.82, 2.24) is 19.7 Å². The Morgan fingerprint density at radius 1 is 1.28 bits per heavy atom. The maximum atomic E-state index is 5.78. The Balaban J connectivity index is 2.08. The Kier molecular flexibility index (Phi) is 3.71. The monoisotopic (exact) mass is 264 g/mol. The standard InChI is InChI=1S/C11H16N6S/c1-7(2)17-10(13)15-16-11(17)18-6-8-3-4-9(12)14-5-8/h3-5,7H,6H2,1-2H3,(H2,12,14)(H2,13,15). The van der Waals surface area contributed by atoms with Crippen LogP contribution < -0.4 is 11.5 Å². The molecule has 0 aliphatic heterocycles. The highest BCUT2D eigenvalue weighted by molar-refractivity contribution is 7.98. The van der Waals surface area contributed by atoms with Gasteiger partial charge in [0.1, 0.15) is 5.82 Å². The van der Waals surface area contributed by atoms with Gasteiger partial charge in [0, 0.05) is 18.0 Å². The second-order valence-corrected chi connectivity index (χ2v) is 5.13. The predicted molar refractivity (Wildman–Crippen MR) is 73.0 cm³/mol. The molecule has 18 heavy (non-hydrogen) atoms. The molecule has 0 saturated carbocycles. The van der Waals surface area contributed by atoms with Gasteiger partial charge >= 0.3 is 0 Å². The van der Waals surface area contributed by atoms with Crippen molar-refractivity contribution in [1.29, 1.82) is 0 Å². The molecule has 0 fully saturated rings. The minimum atomic E-state index is 0.243. The van der Waals surface area contributed by atoms with Gasteiger partial charge in [0.15, 0.2) is 5.16 Å². The SMILES string of the molecule is CC(C)n1c(N)nnc1SCc1ccc(N)nc1. The van der Waals surface area contributed by atoms with Crippen LogP contribution in [0.2, 0.25) is 0 Å². The minimum Gasteiger partial charge on any atom is -0.384 e. The zero-order chi connectivity index (χ0) is 13.1. The first kappa shape index (κ1) is 12.7. The average Bonchev–Trinajstić information content (AvgIpc) is 2.70. The van der Waals surface area contributed by atoms with Crippen LogP contribution in [-0.4, -0.2) is 19.7 Å². The van der Waals surface area contributed by atoms with Crippen molar-refractivity contribution >= 4 is 23.5 Å². The number of thioether (sulfide) groups is 1. The maximum absolute atomic E-state index is 5.78. The summed E-state index contributed by atoms with van der Waals surface area (Å²) < 4.78 is 1.91. The molecule has 0 bridgehead atoms. The van der Waals surface area contributed by atoms with Crippen LogP contribution in [0.5, 0.6) is 0 Å². The third-order valence-corrected chi connectivity index (χ3v) is 3.44. The fraction of sp³-hybridized carbons (Fsp3) is 0.364. The zero-order valence-corrected chi connectivity index (χ0v) is 11.2. The molecule has 0 unspecified atom stereocenters. The van der Waals surface area contributed by atoms with E-state index >= 15 is 0 Å². The molecule has 0 aromatic carbocycles. The molecule has 0 spiro atoms. The zero-order valence-electron chi connectivity index (χ0n) is 10.4. The Hall–Kier alpha value is -1.76. The van der Waals surface area contributed by atoms with E-state index in [1.54, 1.807) is 24.0 Å². The smallest absolute Gasteiger partial charge is 0.222 e. The Bertz CT molecular complexity index is 519. The molecule has 2 heterocycles. The number of pyridine rings is 1. The van der Waals surface area contributed by atoms with E-state index in [1.807, 2.05) is 10.6 Å². The van der Waals surface area contributed by atoms with E-state index in [0.29, 0.717) is 11.8 Å². The molecule has 2 aromatic rings. The molecular formula is C11H16N6S. The highest BCUT2D eigenvalue weighted by Gasteiger charge is 2.12. The van der Waals surface area contributed by atoms with Crippen LogP contribution in [0.3, 0.4) is 0 Å². The topological polar surface area (TPSA) is 95.6 Å². The van der Waals surface area contributed by atoms with Gasteiger partial charge in [-0.2, -0.15) is 0 Å². The lowest BCUT2D eigenvalue weighted by Crippen LogP contribution is -2.07. The van der Waals surface area contributed by atoms with Crippen LogP contribution in [-0.2, 0) is 5.75 Å². The number of hydrogen-bond acceptors (Lipinski definition) is 6. The molecule has 2 aromatic heterocycles. The summed E-state index contributed by atoms with van der Waals surface area (Å²) >= 11 is 1.58. The first-order valence-electron chi connectivity index (χ1n) is 5.61. The van der Waals surface area contributed by atoms with Gasteiger partial charge in [-0.3, -0.25) is 4.57 Å². The lowest BCUT2D eigenvalue weighted by Gasteiger charge is -2.11. The first-order valence-corrected chi connectivity index (χ1v) is 6.60. The summed E-state index contributed by atoms with van der Waals surface area (Å²) in [6.45, 7) is 4.10. The molecule has 0 aliphatic rings. The van der Waals surface area contributed by atoms with Crippen LogP contribution in [0.1, 0.15) is 25.5 Å². The van der Waals surface area contributed by atoms with E-state index in [4.69, 9.17) is 11.5 Å². The molecular weight excluding hydrogens is 248 g/mol. The van der Waals surface area contributed by atoms with E-state index in [-0.39, 0.29) is 6.04 Å². The number of nitrogens with zero attached hydrogens (tertiary/aromatic N) is 4. The van der Waals surface area contributed by atoms with Crippen molar-refractivity contribution in [2.24, 2.45) is 0 Å². The van der Waals surface area contributed by atoms with Gasteiger partial charge in [0.05, 0.1) is 0 Å². The Labute approximate surface area is 110 Å². The largest absolute Gasteiger partial charge is 0.384 e. The number of nitrogens with two attached hydrogens (primary N) is 2. The van der Waals surface area contributed by atoms with Crippen molar-refractivity contribution in [3.63, 3.8) is 0 Å². The van der Waals surface area contributed by atoms with E-state index < -0.39 is 0 Å². The fourth-order valence-corrected chi connectivity index (χ4v) is 2.55. The third-order valence-electron chi connectivity index (χ3n) is 2.42. The molecule has 2 rings (SSSR count). The summed E-state index contributed by atoms with van der Waals surface area (Å²) in [6, 6.07) is 3.98. The molecule has 0 aliphatic carbocycles. The number of hydrogen-bond donors (Lipinski definition) is 2. The summed E-state index contributed by atoms with van der Waals surface area (Å²) in [7, 11) is 0. The highest BCUT2D eigenvalue weighted by Crippen LogP contribution is 2.25. The summed E-state index contributed by atoms with van der Waals surface area (Å²) in [6.07, 6.45) is 1.77. The van der Waals surface area contributed by atoms with Gasteiger partial charge in [-0.25, -0.2) is 4.98 Å². The highest BCUT2D eigenvalue weighted by atomic mass is 32.2. The fourth-order valence-electron chi connectivity index (χ4n) is 1.54. The van der Waals surface area contributed by atoms with Crippen molar-refractivity contribution in [3.05, 3.63) is 23.9 Å². The maximum Gasteiger partial charge on any atom is 0.222 e. The Morgan fingerprint density at radius 3 is 2.67 bits per heavy atom. The second kappa shape index (κ2) is 5.26. The number of nitrogen functional groups attached to an aromatic ring is 2. The molecule has 0 radical (unpaired) electrons. The van der Waals surface area contributed by atoms with Gasteiger partial charge in [-0.15, -0.1) is 10.2 Å². The van der Waals surface area contributed by atoms with Crippen LogP contribution in [0.15, 0.2) is 23.5 Å². The molecule has 4 N–H and O–H groups in total. The molecule has 0 saturated heterocycles. The lowest BCUT2D eigenvalue weighted by molar-refractivity contribution is 0.557. The van der Waals surface area contributed by atoms with Crippen molar-refractivity contribution < 1.29 is 0 Å². The van der Waals surface area contributed by atoms with Crippen LogP contribution in [0, 0.1) is 0 Å². The third kappa shape index (κ3) is 2.73. The molecule has 0 amide bonds. The lowest BCUT2D eigenvalue weighted by atomic mass is 10.3. The summed E-state index contributed by atoms with van der Waals surface area (Å²) in [4.78, 5) is 4.05. The van der Waals surface area contributed by atoms with Gasteiger partial charge in [-0.05, 0) is 25.5 Å². The normalized spacial score (nSPS) is 11.1. The molecule has 96 valence electrons. The van der Waals surface area contributed by atoms with Gasteiger partial charge in [-0.1, -0.05) is 17.8 Å². The number of aromatic nitrogens is 4. The van der Waals surface area contributed by atoms with E-state index in [2.05, 4.69) is 29.0 Å². The predicted octanol–water partition coefficient (Wildman–Crippen LogP) is 1.71. The van der Waals surface area contributed by atoms with E-state index in [1.165, 1.54) is 0 Å². The van der Waals surface area contributed by atoms with Crippen molar-refractivity contribution in [2.45, 2.75) is 30.8 Å². The van der Waals surface area contributed by atoms with Crippen molar-refractivity contribution in [2.75, 3.05) is 11.5 Å². The molecule has 7 heteroatoms. The van der Waals surface area contributed by atoms with Crippen LogP contribution in [0.25, 0.3) is 0 Å². The summed E-state index contributed by atoms with van der Waals surface area (Å²) in [5, 5.41) is 8.79.